The van der Waals surface area contributed by atoms with Crippen molar-refractivity contribution in [3.63, 3.8) is 0 Å². The molecule has 0 saturated carbocycles. The van der Waals surface area contributed by atoms with E-state index in [1.807, 2.05) is 24.3 Å². The molecule has 5 heteroatoms. The molecule has 0 aromatic heterocycles. The van der Waals surface area contributed by atoms with Crippen LogP contribution in [0.5, 0.6) is 5.75 Å². The van der Waals surface area contributed by atoms with Gasteiger partial charge in [0.2, 0.25) is 0 Å². The number of amides is 1. The minimum absolute atomic E-state index is 0.126. The Labute approximate surface area is 147 Å². The van der Waals surface area contributed by atoms with Crippen molar-refractivity contribution in [3.05, 3.63) is 59.4 Å². The number of hydrogen-bond donors (Lipinski definition) is 0. The van der Waals surface area contributed by atoms with Crippen LogP contribution in [0.1, 0.15) is 22.8 Å². The fourth-order valence-electron chi connectivity index (χ4n) is 3.11. The third-order valence-electron chi connectivity index (χ3n) is 4.55. The molecular formula is C20H23FN2O2. The van der Waals surface area contributed by atoms with E-state index in [1.165, 1.54) is 6.07 Å². The normalized spacial score (nSPS) is 16.2. The van der Waals surface area contributed by atoms with E-state index >= 15 is 0 Å². The number of nitrogens with zero attached hydrogens (tertiary/aromatic N) is 2. The van der Waals surface area contributed by atoms with Crippen LogP contribution < -0.4 is 9.64 Å². The van der Waals surface area contributed by atoms with Crippen molar-refractivity contribution in [3.8, 4) is 5.75 Å². The van der Waals surface area contributed by atoms with Crippen LogP contribution in [0.4, 0.5) is 10.1 Å². The van der Waals surface area contributed by atoms with Crippen molar-refractivity contribution in [1.82, 2.24) is 4.90 Å². The van der Waals surface area contributed by atoms with Crippen molar-refractivity contribution in [2.75, 3.05) is 31.6 Å². The number of rotatable bonds is 4. The van der Waals surface area contributed by atoms with Gasteiger partial charge in [0.05, 0.1) is 18.8 Å². The fourth-order valence-corrected chi connectivity index (χ4v) is 3.11. The summed E-state index contributed by atoms with van der Waals surface area (Å²) in [5.74, 6) is 0.270. The van der Waals surface area contributed by atoms with Gasteiger partial charge in [-0.3, -0.25) is 4.79 Å². The zero-order valence-corrected chi connectivity index (χ0v) is 14.8. The van der Waals surface area contributed by atoms with Gasteiger partial charge >= 0.3 is 0 Å². The lowest BCUT2D eigenvalue weighted by molar-refractivity contribution is 0.0709. The number of carbonyl (C=O) groups is 1. The summed E-state index contributed by atoms with van der Waals surface area (Å²) >= 11 is 0. The molecule has 0 saturated heterocycles. The Hall–Kier alpha value is -2.56. The number of halogens is 1. The van der Waals surface area contributed by atoms with Gasteiger partial charge in [-0.1, -0.05) is 18.2 Å². The second kappa shape index (κ2) is 7.13. The van der Waals surface area contributed by atoms with E-state index in [9.17, 15) is 9.18 Å². The molecule has 25 heavy (non-hydrogen) atoms. The zero-order valence-electron chi connectivity index (χ0n) is 14.8. The van der Waals surface area contributed by atoms with Gasteiger partial charge in [-0.2, -0.15) is 0 Å². The molecule has 0 aliphatic carbocycles. The number of anilines is 1. The first-order valence-electron chi connectivity index (χ1n) is 8.52. The fraction of sp³-hybridized carbons (Fsp3) is 0.350. The third-order valence-corrected chi connectivity index (χ3v) is 4.55. The Bertz CT molecular complexity index is 778. The van der Waals surface area contributed by atoms with Crippen LogP contribution in [-0.4, -0.2) is 43.6 Å². The molecule has 3 rings (SSSR count). The van der Waals surface area contributed by atoms with Crippen LogP contribution in [0.15, 0.2) is 42.5 Å². The van der Waals surface area contributed by atoms with Gasteiger partial charge in [-0.05, 0) is 43.7 Å². The lowest BCUT2D eigenvalue weighted by Gasteiger charge is -2.37. The van der Waals surface area contributed by atoms with Crippen molar-refractivity contribution < 1.29 is 13.9 Å². The maximum atomic E-state index is 13.7. The molecule has 1 amide bonds. The topological polar surface area (TPSA) is 32.8 Å². The van der Waals surface area contributed by atoms with E-state index in [0.717, 1.165) is 18.0 Å². The van der Waals surface area contributed by atoms with Gasteiger partial charge in [0.25, 0.3) is 5.91 Å². The highest BCUT2D eigenvalue weighted by Crippen LogP contribution is 2.32. The molecule has 0 bridgehead atoms. The molecule has 0 unspecified atom stereocenters. The Morgan fingerprint density at radius 2 is 2.08 bits per heavy atom. The minimum Gasteiger partial charge on any atom is -0.485 e. The zero-order chi connectivity index (χ0) is 18.0. The first-order chi connectivity index (χ1) is 12.0. The lowest BCUT2D eigenvalue weighted by atomic mass is 10.1. The van der Waals surface area contributed by atoms with Crippen molar-refractivity contribution in [2.24, 2.45) is 0 Å². The molecule has 1 aliphatic rings. The maximum Gasteiger partial charge on any atom is 0.253 e. The Kier molecular flexibility index (Phi) is 4.93. The van der Waals surface area contributed by atoms with Gasteiger partial charge in [0.1, 0.15) is 17.7 Å². The van der Waals surface area contributed by atoms with Gasteiger partial charge in [-0.25, -0.2) is 4.39 Å². The molecule has 1 aliphatic heterocycles. The molecule has 0 fully saturated rings. The summed E-state index contributed by atoms with van der Waals surface area (Å²) in [5, 5.41) is 0. The summed E-state index contributed by atoms with van der Waals surface area (Å²) < 4.78 is 19.8. The molecule has 2 aromatic carbocycles. The first-order valence-corrected chi connectivity index (χ1v) is 8.52. The summed E-state index contributed by atoms with van der Waals surface area (Å²) in [6.45, 7) is 5.81. The number of ether oxygens (including phenoxy) is 1. The standard InChI is InChI=1S/C20H23FN2O2/c1-4-23-13-16(25-19-8-6-5-7-18(19)23)12-22(3)20(24)15-10-9-14(2)17(21)11-15/h5-11,16H,4,12-13H2,1-3H3/t16-/m0/s1. The number of benzene rings is 2. The van der Waals surface area contributed by atoms with E-state index in [0.29, 0.717) is 24.2 Å². The van der Waals surface area contributed by atoms with E-state index in [-0.39, 0.29) is 17.8 Å². The number of fused-ring (bicyclic) bond motifs is 1. The third kappa shape index (κ3) is 3.60. The summed E-state index contributed by atoms with van der Waals surface area (Å²) in [4.78, 5) is 16.4. The molecule has 0 radical (unpaired) electrons. The smallest absolute Gasteiger partial charge is 0.253 e. The second-order valence-electron chi connectivity index (χ2n) is 6.40. The highest BCUT2D eigenvalue weighted by Gasteiger charge is 2.27. The van der Waals surface area contributed by atoms with E-state index in [2.05, 4.69) is 11.8 Å². The molecule has 1 atom stereocenters. The van der Waals surface area contributed by atoms with Crippen LogP contribution in [0.25, 0.3) is 0 Å². The molecular weight excluding hydrogens is 319 g/mol. The SMILES string of the molecule is CCN1C[C@H](CN(C)C(=O)c2ccc(C)c(F)c2)Oc2ccccc21. The minimum atomic E-state index is -0.362. The average molecular weight is 342 g/mol. The number of likely N-dealkylation sites (N-methyl/N-ethyl adjacent to an activating group) is 2. The summed E-state index contributed by atoms with van der Waals surface area (Å²) in [7, 11) is 1.72. The molecule has 2 aromatic rings. The van der Waals surface area contributed by atoms with Crippen LogP contribution in [0.2, 0.25) is 0 Å². The Morgan fingerprint density at radius 3 is 2.80 bits per heavy atom. The highest BCUT2D eigenvalue weighted by molar-refractivity contribution is 5.94. The van der Waals surface area contributed by atoms with Crippen molar-refractivity contribution in [2.45, 2.75) is 20.0 Å². The lowest BCUT2D eigenvalue weighted by Crippen LogP contribution is -2.46. The van der Waals surface area contributed by atoms with Gasteiger partial charge in [0.15, 0.2) is 0 Å². The van der Waals surface area contributed by atoms with Gasteiger partial charge < -0.3 is 14.5 Å². The first kappa shape index (κ1) is 17.3. The van der Waals surface area contributed by atoms with E-state index < -0.39 is 0 Å². The van der Waals surface area contributed by atoms with E-state index in [1.54, 1.807) is 31.0 Å². The van der Waals surface area contributed by atoms with Gasteiger partial charge in [0, 0.05) is 19.2 Å². The van der Waals surface area contributed by atoms with Crippen LogP contribution in [-0.2, 0) is 0 Å². The second-order valence-corrected chi connectivity index (χ2v) is 6.40. The summed E-state index contributed by atoms with van der Waals surface area (Å²) in [5.41, 5.74) is 1.97. The largest absolute Gasteiger partial charge is 0.485 e. The van der Waals surface area contributed by atoms with E-state index in [4.69, 9.17) is 4.74 Å². The predicted molar refractivity (Wildman–Crippen MR) is 96.8 cm³/mol. The maximum absolute atomic E-state index is 13.7. The van der Waals surface area contributed by atoms with Crippen LogP contribution in [0, 0.1) is 12.7 Å². The monoisotopic (exact) mass is 342 g/mol. The molecule has 0 N–H and O–H groups in total. The van der Waals surface area contributed by atoms with Gasteiger partial charge in [-0.15, -0.1) is 0 Å². The molecule has 132 valence electrons. The van der Waals surface area contributed by atoms with Crippen molar-refractivity contribution in [1.29, 1.82) is 0 Å². The number of carbonyl (C=O) groups excluding carboxylic acids is 1. The summed E-state index contributed by atoms with van der Waals surface area (Å²) in [6, 6.07) is 12.5. The Morgan fingerprint density at radius 1 is 1.32 bits per heavy atom. The predicted octanol–water partition coefficient (Wildman–Crippen LogP) is 3.49. The van der Waals surface area contributed by atoms with Crippen LogP contribution >= 0.6 is 0 Å². The number of para-hydroxylation sites is 2. The quantitative estimate of drug-likeness (QED) is 0.853. The van der Waals surface area contributed by atoms with Crippen molar-refractivity contribution >= 4 is 11.6 Å². The van der Waals surface area contributed by atoms with Crippen LogP contribution in [0.3, 0.4) is 0 Å². The molecule has 1 heterocycles. The Balaban J connectivity index is 1.71. The average Bonchev–Trinajstić information content (AvgIpc) is 2.62. The molecule has 4 nitrogen and oxygen atoms in total. The summed E-state index contributed by atoms with van der Waals surface area (Å²) in [6.07, 6.45) is -0.126. The number of aryl methyl sites for hydroxylation is 1. The molecule has 0 spiro atoms. The number of hydrogen-bond acceptors (Lipinski definition) is 3. The highest BCUT2D eigenvalue weighted by atomic mass is 19.1.